The average molecular weight is 587 g/mol. The van der Waals surface area contributed by atoms with E-state index >= 15 is 0 Å². The van der Waals surface area contributed by atoms with Crippen LogP contribution in [0.2, 0.25) is 0 Å². The van der Waals surface area contributed by atoms with Crippen LogP contribution in [-0.2, 0) is 0 Å². The molecule has 46 heavy (non-hydrogen) atoms. The molecular weight excluding hydrogens is 560 g/mol. The van der Waals surface area contributed by atoms with Crippen LogP contribution in [0.4, 0.5) is 17.2 Å². The van der Waals surface area contributed by atoms with Crippen LogP contribution in [0.5, 0.6) is 0 Å². The number of benzene rings is 6. The number of hydrogen-bond donors (Lipinski definition) is 0. The van der Waals surface area contributed by atoms with Crippen LogP contribution >= 0.6 is 0 Å². The van der Waals surface area contributed by atoms with E-state index in [1.165, 1.54) is 27.4 Å². The Morgan fingerprint density at radius 1 is 0.478 bits per heavy atom. The third-order valence-electron chi connectivity index (χ3n) is 9.33. The van der Waals surface area contributed by atoms with E-state index in [-0.39, 0.29) is 0 Å². The first kappa shape index (κ1) is 25.1. The molecule has 0 aliphatic carbocycles. The van der Waals surface area contributed by atoms with Gasteiger partial charge in [-0.3, -0.25) is 9.88 Å². The summed E-state index contributed by atoms with van der Waals surface area (Å²) in [5.41, 5.74) is 11.1. The number of anilines is 3. The summed E-state index contributed by atoms with van der Waals surface area (Å²) in [6, 6.07) is 54.0. The van der Waals surface area contributed by atoms with Crippen molar-refractivity contribution >= 4 is 60.7 Å². The zero-order chi connectivity index (χ0) is 30.2. The fourth-order valence-electron chi connectivity index (χ4n) is 7.31. The summed E-state index contributed by atoms with van der Waals surface area (Å²) in [4.78, 5) is 12.5. The van der Waals surface area contributed by atoms with Crippen LogP contribution in [-0.4, -0.2) is 14.5 Å². The highest BCUT2D eigenvalue weighted by Crippen LogP contribution is 2.51. The van der Waals surface area contributed by atoms with Gasteiger partial charge in [0.05, 0.1) is 33.3 Å². The Labute approximate surface area is 265 Å². The Morgan fingerprint density at radius 3 is 2.00 bits per heavy atom. The van der Waals surface area contributed by atoms with Crippen molar-refractivity contribution in [2.24, 2.45) is 0 Å². The molecule has 0 amide bonds. The van der Waals surface area contributed by atoms with Gasteiger partial charge in [-0.2, -0.15) is 0 Å². The first-order valence-corrected chi connectivity index (χ1v) is 15.6. The summed E-state index contributed by atoms with van der Waals surface area (Å²) in [6.07, 6.45) is 1.94. The van der Waals surface area contributed by atoms with Crippen molar-refractivity contribution in [1.82, 2.24) is 14.5 Å². The van der Waals surface area contributed by atoms with Gasteiger partial charge in [0.15, 0.2) is 0 Å². The number of aromatic nitrogens is 3. The van der Waals surface area contributed by atoms with Gasteiger partial charge in [-0.05, 0) is 83.2 Å². The molecule has 0 fully saturated rings. The van der Waals surface area contributed by atoms with Gasteiger partial charge < -0.3 is 4.57 Å². The molecule has 1 aliphatic heterocycles. The Hall–Kier alpha value is -6.26. The minimum atomic E-state index is 0.915. The van der Waals surface area contributed by atoms with Crippen molar-refractivity contribution in [3.8, 4) is 28.1 Å². The minimum absolute atomic E-state index is 0.915. The van der Waals surface area contributed by atoms with Gasteiger partial charge in [0.25, 0.3) is 0 Å². The largest absolute Gasteiger partial charge is 0.309 e. The third kappa shape index (κ3) is 3.55. The maximum Gasteiger partial charge on any atom is 0.148 e. The van der Waals surface area contributed by atoms with Crippen molar-refractivity contribution in [2.75, 3.05) is 4.90 Å². The highest BCUT2D eigenvalue weighted by Gasteiger charge is 2.29. The number of para-hydroxylation sites is 4. The van der Waals surface area contributed by atoms with Gasteiger partial charge in [-0.1, -0.05) is 84.9 Å². The Morgan fingerprint density at radius 2 is 1.15 bits per heavy atom. The predicted molar refractivity (Wildman–Crippen MR) is 190 cm³/mol. The van der Waals surface area contributed by atoms with Gasteiger partial charge in [0.2, 0.25) is 0 Å². The smallest absolute Gasteiger partial charge is 0.148 e. The average Bonchev–Trinajstić information content (AvgIpc) is 3.46. The lowest BCUT2D eigenvalue weighted by molar-refractivity contribution is 1.18. The third-order valence-corrected chi connectivity index (χ3v) is 9.33. The second-order valence-electron chi connectivity index (χ2n) is 11.9. The predicted octanol–water partition coefficient (Wildman–Crippen LogP) is 11.0. The molecule has 10 rings (SSSR count). The number of pyridine rings is 2. The van der Waals surface area contributed by atoms with Gasteiger partial charge in [0, 0.05) is 39.3 Å². The normalized spacial score (nSPS) is 12.3. The number of nitrogens with zero attached hydrogens (tertiary/aromatic N) is 4. The van der Waals surface area contributed by atoms with Crippen molar-refractivity contribution in [3.63, 3.8) is 0 Å². The summed E-state index contributed by atoms with van der Waals surface area (Å²) in [7, 11) is 0. The highest BCUT2D eigenvalue weighted by molar-refractivity contribution is 6.19. The topological polar surface area (TPSA) is 34.0 Å². The van der Waals surface area contributed by atoms with E-state index in [1.807, 2.05) is 6.20 Å². The summed E-state index contributed by atoms with van der Waals surface area (Å²) in [5, 5.41) is 5.86. The standard InChI is InChI=1S/C42H26N4/c1-3-11-29(12-4-1)45-37-18-10-8-16-32(37)34-25-27(19-21-38(34)45)28-20-22-39-35(26-28)41-40-33(23-24-43-41)31-15-7-9-17-36(31)44-42(40)46(39)30-13-5-2-6-14-30/h1-26H. The molecular formula is C42H26N4. The molecule has 214 valence electrons. The minimum Gasteiger partial charge on any atom is -0.309 e. The van der Waals surface area contributed by atoms with Crippen molar-refractivity contribution in [1.29, 1.82) is 0 Å². The van der Waals surface area contributed by atoms with Crippen LogP contribution in [0, 0.1) is 0 Å². The van der Waals surface area contributed by atoms with E-state index in [4.69, 9.17) is 9.97 Å². The fourth-order valence-corrected chi connectivity index (χ4v) is 7.31. The molecule has 0 spiro atoms. The van der Waals surface area contributed by atoms with Crippen LogP contribution in [0.25, 0.3) is 71.6 Å². The molecule has 0 atom stereocenters. The summed E-state index contributed by atoms with van der Waals surface area (Å²) in [5.74, 6) is 0.915. The summed E-state index contributed by atoms with van der Waals surface area (Å²) < 4.78 is 2.36. The molecule has 0 N–H and O–H groups in total. The lowest BCUT2D eigenvalue weighted by atomic mass is 9.92. The van der Waals surface area contributed by atoms with Gasteiger partial charge in [-0.25, -0.2) is 4.98 Å². The zero-order valence-corrected chi connectivity index (χ0v) is 24.8. The second kappa shape index (κ2) is 9.62. The van der Waals surface area contributed by atoms with Gasteiger partial charge in [0.1, 0.15) is 5.82 Å². The van der Waals surface area contributed by atoms with E-state index < -0.39 is 0 Å². The summed E-state index contributed by atoms with van der Waals surface area (Å²) in [6.45, 7) is 0. The van der Waals surface area contributed by atoms with Crippen molar-refractivity contribution in [3.05, 3.63) is 158 Å². The second-order valence-corrected chi connectivity index (χ2v) is 11.9. The van der Waals surface area contributed by atoms with E-state index in [1.54, 1.807) is 0 Å². The van der Waals surface area contributed by atoms with E-state index in [9.17, 15) is 0 Å². The molecule has 0 radical (unpaired) electrons. The van der Waals surface area contributed by atoms with Crippen molar-refractivity contribution in [2.45, 2.75) is 0 Å². The monoisotopic (exact) mass is 586 g/mol. The molecule has 9 aromatic rings. The molecule has 0 bridgehead atoms. The van der Waals surface area contributed by atoms with E-state index in [2.05, 4.69) is 161 Å². The molecule has 4 heteroatoms. The first-order valence-electron chi connectivity index (χ1n) is 15.6. The molecule has 4 nitrogen and oxygen atoms in total. The quantitative estimate of drug-likeness (QED) is 0.193. The maximum atomic E-state index is 5.25. The molecule has 0 saturated carbocycles. The van der Waals surface area contributed by atoms with Crippen LogP contribution < -0.4 is 4.90 Å². The van der Waals surface area contributed by atoms with Crippen LogP contribution in [0.3, 0.4) is 0 Å². The van der Waals surface area contributed by atoms with E-state index in [0.29, 0.717) is 0 Å². The highest BCUT2D eigenvalue weighted by atomic mass is 15.2. The van der Waals surface area contributed by atoms with Crippen LogP contribution in [0.1, 0.15) is 0 Å². The molecule has 3 aromatic heterocycles. The number of fused-ring (bicyclic) bond motifs is 7. The fraction of sp³-hybridized carbons (Fsp3) is 0. The Kier molecular flexibility index (Phi) is 5.25. The molecule has 4 heterocycles. The Bertz CT molecular complexity index is 2640. The number of hydrogen-bond acceptors (Lipinski definition) is 3. The summed E-state index contributed by atoms with van der Waals surface area (Å²) >= 11 is 0. The number of rotatable bonds is 3. The maximum absolute atomic E-state index is 5.25. The Balaban J connectivity index is 1.22. The zero-order valence-electron chi connectivity index (χ0n) is 24.8. The lowest BCUT2D eigenvalue weighted by Gasteiger charge is -2.32. The molecule has 6 aromatic carbocycles. The van der Waals surface area contributed by atoms with E-state index in [0.717, 1.165) is 61.4 Å². The first-order chi connectivity index (χ1) is 22.8. The van der Waals surface area contributed by atoms with Gasteiger partial charge in [-0.15, -0.1) is 0 Å². The van der Waals surface area contributed by atoms with Crippen LogP contribution in [0.15, 0.2) is 158 Å². The van der Waals surface area contributed by atoms with Gasteiger partial charge >= 0.3 is 0 Å². The molecule has 1 aliphatic rings. The SMILES string of the molecule is c1ccc(N2c3ccc(-c4ccc5c(c4)c4ccccc4n5-c4ccccc4)cc3-c3nccc4c3c2nc2ccccc24)cc1. The van der Waals surface area contributed by atoms with Crippen molar-refractivity contribution < 1.29 is 0 Å². The lowest BCUT2D eigenvalue weighted by Crippen LogP contribution is -2.17. The molecule has 0 saturated heterocycles. The molecule has 0 unspecified atom stereocenters.